The molecule has 116 valence electrons. The first kappa shape index (κ1) is 14.9. The summed E-state index contributed by atoms with van der Waals surface area (Å²) in [6.07, 6.45) is 1.15. The number of nitrogens with one attached hydrogen (secondary N) is 1. The van der Waals surface area contributed by atoms with Crippen LogP contribution in [0.15, 0.2) is 29.3 Å². The van der Waals surface area contributed by atoms with Crippen molar-refractivity contribution in [3.8, 4) is 11.3 Å². The second kappa shape index (κ2) is 5.62. The topological polar surface area (TPSA) is 81.1 Å². The summed E-state index contributed by atoms with van der Waals surface area (Å²) >= 11 is 0. The van der Waals surface area contributed by atoms with Gasteiger partial charge in [-0.15, -0.1) is 0 Å². The number of nitrogens with zero attached hydrogens (tertiary/aromatic N) is 3. The number of aromatic nitrogens is 3. The number of benzene rings is 1. The highest BCUT2D eigenvalue weighted by atomic mass is 19.1. The maximum Gasteiger partial charge on any atom is 0.273 e. The Labute approximate surface area is 129 Å². The van der Waals surface area contributed by atoms with E-state index in [1.165, 1.54) is 10.6 Å². The number of H-pyrrole nitrogens is 1. The van der Waals surface area contributed by atoms with Crippen LogP contribution < -0.4 is 11.3 Å². The van der Waals surface area contributed by atoms with Gasteiger partial charge >= 0.3 is 0 Å². The van der Waals surface area contributed by atoms with Gasteiger partial charge in [-0.2, -0.15) is 0 Å². The van der Waals surface area contributed by atoms with E-state index in [0.29, 0.717) is 0 Å². The van der Waals surface area contributed by atoms with Crippen molar-refractivity contribution < 1.29 is 8.78 Å². The molecule has 0 saturated heterocycles. The van der Waals surface area contributed by atoms with Gasteiger partial charge in [-0.1, -0.05) is 6.07 Å². The van der Waals surface area contributed by atoms with E-state index in [1.54, 1.807) is 0 Å². The first-order valence-electron chi connectivity index (χ1n) is 6.72. The number of halogens is 2. The van der Waals surface area contributed by atoms with Gasteiger partial charge in [0.25, 0.3) is 5.56 Å². The molecular weight excluding hydrogens is 304 g/mol. The van der Waals surface area contributed by atoms with Gasteiger partial charge in [0, 0.05) is 13.1 Å². The fourth-order valence-electron chi connectivity index (χ4n) is 2.60. The first-order chi connectivity index (χ1) is 11.1. The van der Waals surface area contributed by atoms with Crippen molar-refractivity contribution in [2.75, 3.05) is 6.54 Å². The molecule has 23 heavy (non-hydrogen) atoms. The van der Waals surface area contributed by atoms with Crippen molar-refractivity contribution in [1.82, 2.24) is 14.5 Å². The number of aromatic amines is 1. The molecule has 0 aliphatic rings. The van der Waals surface area contributed by atoms with Crippen LogP contribution in [0.2, 0.25) is 0 Å². The molecule has 0 saturated carbocycles. The van der Waals surface area contributed by atoms with Crippen LogP contribution in [-0.4, -0.2) is 21.1 Å². The molecule has 0 aliphatic carbocycles. The minimum Gasteiger partial charge on any atom is -0.344 e. The van der Waals surface area contributed by atoms with Crippen molar-refractivity contribution in [2.24, 2.45) is 5.73 Å². The summed E-state index contributed by atoms with van der Waals surface area (Å²) in [7, 11) is 0. The minimum absolute atomic E-state index is 0.0275. The fraction of sp³-hybridized carbons (Fsp3) is 0.133. The van der Waals surface area contributed by atoms with Gasteiger partial charge in [-0.3, -0.25) is 4.79 Å². The lowest BCUT2D eigenvalue weighted by molar-refractivity contribution is 0.585. The van der Waals surface area contributed by atoms with E-state index in [1.807, 2.05) is 0 Å². The second-order valence-electron chi connectivity index (χ2n) is 4.77. The van der Waals surface area contributed by atoms with Crippen LogP contribution in [0.5, 0.6) is 0 Å². The third-order valence-corrected chi connectivity index (χ3v) is 3.48. The molecule has 0 atom stereocenters. The Bertz CT molecular complexity index is 979. The van der Waals surface area contributed by atoms with E-state index in [2.05, 4.69) is 14.8 Å². The molecule has 0 aliphatic heterocycles. The molecule has 2 aromatic heterocycles. The summed E-state index contributed by atoms with van der Waals surface area (Å²) in [5.41, 5.74) is 4.74. The van der Waals surface area contributed by atoms with Crippen LogP contribution in [0.4, 0.5) is 14.5 Å². The van der Waals surface area contributed by atoms with E-state index in [9.17, 15) is 13.6 Å². The van der Waals surface area contributed by atoms with Gasteiger partial charge in [0.1, 0.15) is 22.7 Å². The van der Waals surface area contributed by atoms with Crippen molar-refractivity contribution in [2.45, 2.75) is 6.54 Å². The van der Waals surface area contributed by atoms with Gasteiger partial charge in [0.15, 0.2) is 0 Å². The van der Waals surface area contributed by atoms with Crippen LogP contribution in [0.3, 0.4) is 0 Å². The van der Waals surface area contributed by atoms with Gasteiger partial charge in [-0.25, -0.2) is 18.6 Å². The SMILES string of the molecule is [C-]#[N+]c1c(-c2c(F)cccc2F)n(CCN)c2c(=O)[nH]cnc12. The van der Waals surface area contributed by atoms with Crippen LogP contribution in [0, 0.1) is 18.2 Å². The van der Waals surface area contributed by atoms with E-state index >= 15 is 0 Å². The number of hydrogen-bond acceptors (Lipinski definition) is 3. The van der Waals surface area contributed by atoms with Crippen molar-refractivity contribution in [3.05, 3.63) is 57.9 Å². The van der Waals surface area contributed by atoms with Crippen LogP contribution in [0.25, 0.3) is 27.1 Å². The van der Waals surface area contributed by atoms with Gasteiger partial charge < -0.3 is 15.3 Å². The molecule has 0 bridgehead atoms. The van der Waals surface area contributed by atoms with E-state index < -0.39 is 17.2 Å². The van der Waals surface area contributed by atoms with Crippen molar-refractivity contribution in [1.29, 1.82) is 0 Å². The highest BCUT2D eigenvalue weighted by molar-refractivity contribution is 5.99. The first-order valence-corrected chi connectivity index (χ1v) is 6.72. The van der Waals surface area contributed by atoms with E-state index in [-0.39, 0.29) is 41.1 Å². The quantitative estimate of drug-likeness (QED) is 0.727. The third-order valence-electron chi connectivity index (χ3n) is 3.48. The number of fused-ring (bicyclic) bond motifs is 1. The fourth-order valence-corrected chi connectivity index (χ4v) is 2.60. The third kappa shape index (κ3) is 2.18. The number of nitrogens with two attached hydrogens (primary N) is 1. The highest BCUT2D eigenvalue weighted by Gasteiger charge is 2.25. The maximum atomic E-state index is 14.2. The molecule has 0 amide bonds. The Morgan fingerprint density at radius 3 is 2.65 bits per heavy atom. The maximum absolute atomic E-state index is 14.2. The molecule has 0 fully saturated rings. The minimum atomic E-state index is -0.826. The molecule has 6 nitrogen and oxygen atoms in total. The molecule has 2 heterocycles. The lowest BCUT2D eigenvalue weighted by Gasteiger charge is -2.11. The molecule has 3 N–H and O–H groups in total. The Hall–Kier alpha value is -3.05. The molecule has 8 heteroatoms. The zero-order valence-electron chi connectivity index (χ0n) is 11.8. The van der Waals surface area contributed by atoms with Crippen LogP contribution in [0.1, 0.15) is 0 Å². The summed E-state index contributed by atoms with van der Waals surface area (Å²) in [6, 6.07) is 3.41. The highest BCUT2D eigenvalue weighted by Crippen LogP contribution is 2.40. The second-order valence-corrected chi connectivity index (χ2v) is 4.77. The normalized spacial score (nSPS) is 10.9. The van der Waals surface area contributed by atoms with Crippen molar-refractivity contribution >= 4 is 16.7 Å². The standard InChI is InChI=1S/C15H11F2N5O/c1-19-11-12-14(15(23)21-7-20-12)22(6-5-18)13(11)10-8(16)3-2-4-9(10)17/h2-4,7H,5-6,18H2,(H,20,21,23). The van der Waals surface area contributed by atoms with Gasteiger partial charge in [0.05, 0.1) is 24.2 Å². The molecule has 0 radical (unpaired) electrons. The Balaban J connectivity index is 2.55. The molecule has 0 spiro atoms. The summed E-state index contributed by atoms with van der Waals surface area (Å²) in [6.45, 7) is 7.59. The number of hydrogen-bond donors (Lipinski definition) is 2. The molecule has 3 aromatic rings. The summed E-state index contributed by atoms with van der Waals surface area (Å²) in [5, 5.41) is 0. The van der Waals surface area contributed by atoms with Crippen LogP contribution >= 0.6 is 0 Å². The average Bonchev–Trinajstić information content (AvgIpc) is 2.83. The molecular formula is C15H11F2N5O. The summed E-state index contributed by atoms with van der Waals surface area (Å²) < 4.78 is 29.8. The Morgan fingerprint density at radius 2 is 2.04 bits per heavy atom. The lowest BCUT2D eigenvalue weighted by Crippen LogP contribution is -2.16. The monoisotopic (exact) mass is 315 g/mol. The smallest absolute Gasteiger partial charge is 0.273 e. The molecule has 0 unspecified atom stereocenters. The number of rotatable bonds is 3. The zero-order valence-corrected chi connectivity index (χ0v) is 11.8. The van der Waals surface area contributed by atoms with Gasteiger partial charge in [0.2, 0.25) is 5.69 Å². The summed E-state index contributed by atoms with van der Waals surface area (Å²) in [5.74, 6) is -1.65. The predicted octanol–water partition coefficient (Wildman–Crippen LogP) is 2.18. The molecule has 1 aromatic carbocycles. The van der Waals surface area contributed by atoms with E-state index in [0.717, 1.165) is 18.5 Å². The Kier molecular flexibility index (Phi) is 3.64. The lowest BCUT2D eigenvalue weighted by atomic mass is 10.1. The van der Waals surface area contributed by atoms with Crippen molar-refractivity contribution in [3.63, 3.8) is 0 Å². The average molecular weight is 315 g/mol. The van der Waals surface area contributed by atoms with Crippen LogP contribution in [-0.2, 0) is 6.54 Å². The predicted molar refractivity (Wildman–Crippen MR) is 81.0 cm³/mol. The van der Waals surface area contributed by atoms with E-state index in [4.69, 9.17) is 12.3 Å². The van der Waals surface area contributed by atoms with Gasteiger partial charge in [-0.05, 0) is 12.1 Å². The zero-order chi connectivity index (χ0) is 16.6. The summed E-state index contributed by atoms with van der Waals surface area (Å²) in [4.78, 5) is 21.8. The Morgan fingerprint density at radius 1 is 1.35 bits per heavy atom. The largest absolute Gasteiger partial charge is 0.344 e. The molecule has 3 rings (SSSR count).